The Balaban J connectivity index is 1.59. The minimum absolute atomic E-state index is 0.0234. The van der Waals surface area contributed by atoms with Gasteiger partial charge in [-0.25, -0.2) is 8.78 Å². The fraction of sp³-hybridized carbons (Fsp3) is 0.286. The third-order valence-electron chi connectivity index (χ3n) is 9.23. The predicted octanol–water partition coefficient (Wildman–Crippen LogP) is 3.60. The number of phenols is 1. The van der Waals surface area contributed by atoms with E-state index in [2.05, 4.69) is 5.32 Å². The number of methoxy groups -OCH3 is 4. The van der Waals surface area contributed by atoms with Crippen molar-refractivity contribution in [2.24, 2.45) is 0 Å². The zero-order valence-electron chi connectivity index (χ0n) is 33.6. The molecule has 0 saturated carbocycles. The molecule has 2 N–H and O–H groups in total. The molecule has 2 aliphatic rings. The number of esters is 4. The zero-order valence-corrected chi connectivity index (χ0v) is 33.6. The highest BCUT2D eigenvalue weighted by atomic mass is 19.1. The molecule has 1 heterocycles. The average Bonchev–Trinajstić information content (AvgIpc) is 3.25. The van der Waals surface area contributed by atoms with Crippen LogP contribution in [0.2, 0.25) is 0 Å². The number of ether oxygens (including phenoxy) is 6. The van der Waals surface area contributed by atoms with Crippen LogP contribution in [0.1, 0.15) is 5.56 Å². The highest BCUT2D eigenvalue weighted by Crippen LogP contribution is 2.44. The smallest absolute Gasteiger partial charge is 0.325 e. The van der Waals surface area contributed by atoms with Crippen molar-refractivity contribution < 1.29 is 70.7 Å². The first-order valence-electron chi connectivity index (χ1n) is 18.3. The Labute approximate surface area is 346 Å². The summed E-state index contributed by atoms with van der Waals surface area (Å²) in [5.74, 6) is -5.89. The Morgan fingerprint density at radius 1 is 0.689 bits per heavy atom. The molecular formula is C42H41F2N3O14. The second-order valence-corrected chi connectivity index (χ2v) is 13.1. The van der Waals surface area contributed by atoms with Gasteiger partial charge in [-0.1, -0.05) is 12.1 Å². The maximum atomic E-state index is 14.9. The number of halogens is 2. The number of anilines is 2. The van der Waals surface area contributed by atoms with Crippen LogP contribution in [-0.2, 0) is 49.3 Å². The van der Waals surface area contributed by atoms with Gasteiger partial charge in [0.25, 0.3) is 0 Å². The van der Waals surface area contributed by atoms with Crippen molar-refractivity contribution >= 4 is 52.1 Å². The summed E-state index contributed by atoms with van der Waals surface area (Å²) in [7, 11) is 6.15. The van der Waals surface area contributed by atoms with Crippen molar-refractivity contribution in [2.45, 2.75) is 6.42 Å². The van der Waals surface area contributed by atoms with Crippen LogP contribution in [0.15, 0.2) is 69.9 Å². The van der Waals surface area contributed by atoms with Gasteiger partial charge in [0, 0.05) is 35.7 Å². The van der Waals surface area contributed by atoms with E-state index in [1.807, 2.05) is 0 Å². The van der Waals surface area contributed by atoms with Gasteiger partial charge in [-0.3, -0.25) is 28.8 Å². The number of amides is 1. The molecule has 322 valence electrons. The van der Waals surface area contributed by atoms with E-state index in [0.717, 1.165) is 38.5 Å². The average molecular weight is 850 g/mol. The molecule has 0 atom stereocenters. The standard InChI is InChI=1S/C42H41F2N3O14/c1-45-37(50)13-23-6-9-33(30(12-23)47(21-40(53)57-4)22-41(54)58-5)59-10-11-60-36-14-24(7-8-29(36)46(19-38(51)55-2)20-39(52)56-3)42-25-15-27(43)31(48)17-34(25)61-35-18-32(49)28(44)16-26(35)42/h6-9,12,14-18,48H,10-11,13,19-22H2,1-5H3,(H,45,50). The molecular weight excluding hydrogens is 808 g/mol. The summed E-state index contributed by atoms with van der Waals surface area (Å²) in [6, 6.07) is 13.0. The van der Waals surface area contributed by atoms with Gasteiger partial charge in [-0.2, -0.15) is 0 Å². The number of nitrogens with one attached hydrogen (secondary N) is 1. The number of fused-ring (bicyclic) bond motifs is 2. The summed E-state index contributed by atoms with van der Waals surface area (Å²) < 4.78 is 67.3. The van der Waals surface area contributed by atoms with Gasteiger partial charge in [-0.15, -0.1) is 0 Å². The lowest BCUT2D eigenvalue weighted by molar-refractivity contribution is -0.141. The van der Waals surface area contributed by atoms with Gasteiger partial charge in [0.2, 0.25) is 11.3 Å². The SMILES string of the molecule is CNC(=O)Cc1ccc(OCCOc2cc(-c3c4cc(F)c(=O)cc-4oc4cc(O)c(F)cc34)ccc2N(CC(=O)OC)CC(=O)OC)c(N(CC(=O)OC)CC(=O)OC)c1. The minimum Gasteiger partial charge on any atom is -0.505 e. The first-order chi connectivity index (χ1) is 29.2. The second-order valence-electron chi connectivity index (χ2n) is 13.1. The molecule has 17 nitrogen and oxygen atoms in total. The maximum Gasteiger partial charge on any atom is 0.325 e. The van der Waals surface area contributed by atoms with Crippen LogP contribution in [-0.4, -0.2) is 110 Å². The van der Waals surface area contributed by atoms with Gasteiger partial charge in [0.15, 0.2) is 17.4 Å². The topological polar surface area (TPSA) is 210 Å². The van der Waals surface area contributed by atoms with Crippen molar-refractivity contribution in [1.82, 2.24) is 5.32 Å². The monoisotopic (exact) mass is 849 g/mol. The van der Waals surface area contributed by atoms with E-state index in [-0.39, 0.29) is 81.8 Å². The fourth-order valence-electron chi connectivity index (χ4n) is 6.21. The van der Waals surface area contributed by atoms with Crippen LogP contribution in [0.4, 0.5) is 20.2 Å². The Hall–Kier alpha value is -7.44. The maximum absolute atomic E-state index is 14.9. The highest BCUT2D eigenvalue weighted by molar-refractivity contribution is 6.03. The van der Waals surface area contributed by atoms with Crippen molar-refractivity contribution in [3.05, 3.63) is 88.1 Å². The number of phenolic OH excluding ortho intramolecular Hbond substituents is 1. The fourth-order valence-corrected chi connectivity index (χ4v) is 6.21. The Morgan fingerprint density at radius 3 is 1.84 bits per heavy atom. The summed E-state index contributed by atoms with van der Waals surface area (Å²) in [6.45, 7) is -2.13. The van der Waals surface area contributed by atoms with Crippen LogP contribution in [0, 0.1) is 11.6 Å². The van der Waals surface area contributed by atoms with E-state index >= 15 is 0 Å². The van der Waals surface area contributed by atoms with E-state index in [1.54, 1.807) is 12.1 Å². The van der Waals surface area contributed by atoms with E-state index in [9.17, 15) is 42.7 Å². The molecule has 19 heteroatoms. The lowest BCUT2D eigenvalue weighted by atomic mass is 9.93. The summed E-state index contributed by atoms with van der Waals surface area (Å²) in [6.07, 6.45) is -0.0392. The molecule has 3 aromatic rings. The van der Waals surface area contributed by atoms with Crippen LogP contribution in [0.5, 0.6) is 17.2 Å². The first kappa shape index (κ1) is 44.7. The van der Waals surface area contributed by atoms with Crippen molar-refractivity contribution in [3.63, 3.8) is 0 Å². The number of benzene rings is 4. The van der Waals surface area contributed by atoms with E-state index in [1.165, 1.54) is 55.3 Å². The number of aromatic hydroxyl groups is 1. The summed E-state index contributed by atoms with van der Waals surface area (Å²) in [5, 5.41) is 12.8. The quantitative estimate of drug-likeness (QED) is 0.0559. The molecule has 0 bridgehead atoms. The van der Waals surface area contributed by atoms with Crippen LogP contribution >= 0.6 is 0 Å². The number of hydrogen-bond donors (Lipinski definition) is 2. The molecule has 3 aromatic carbocycles. The molecule has 0 spiro atoms. The van der Waals surface area contributed by atoms with Crippen molar-refractivity contribution in [2.75, 3.05) is 84.7 Å². The predicted molar refractivity (Wildman–Crippen MR) is 214 cm³/mol. The number of carbonyl (C=O) groups is 5. The molecule has 0 fully saturated rings. The molecule has 1 amide bonds. The van der Waals surface area contributed by atoms with Gasteiger partial charge < -0.3 is 53.1 Å². The van der Waals surface area contributed by atoms with E-state index < -0.39 is 72.9 Å². The van der Waals surface area contributed by atoms with Crippen LogP contribution in [0.3, 0.4) is 0 Å². The minimum atomic E-state index is -1.12. The lowest BCUT2D eigenvalue weighted by Gasteiger charge is -2.26. The summed E-state index contributed by atoms with van der Waals surface area (Å²) in [5.41, 5.74) is 0.410. The molecule has 0 aromatic heterocycles. The molecule has 5 rings (SSSR count). The van der Waals surface area contributed by atoms with Crippen molar-refractivity contribution in [1.29, 1.82) is 0 Å². The molecule has 0 unspecified atom stereocenters. The molecule has 0 saturated heterocycles. The van der Waals surface area contributed by atoms with Gasteiger partial charge in [-0.05, 0) is 47.5 Å². The third-order valence-corrected chi connectivity index (χ3v) is 9.23. The highest BCUT2D eigenvalue weighted by Gasteiger charge is 2.26. The van der Waals surface area contributed by atoms with E-state index in [4.69, 9.17) is 32.8 Å². The van der Waals surface area contributed by atoms with Crippen molar-refractivity contribution in [3.8, 4) is 39.7 Å². The van der Waals surface area contributed by atoms with Gasteiger partial charge >= 0.3 is 23.9 Å². The van der Waals surface area contributed by atoms with Crippen LogP contribution in [0.25, 0.3) is 33.4 Å². The second kappa shape index (κ2) is 20.0. The largest absolute Gasteiger partial charge is 0.505 e. The number of nitrogens with zero attached hydrogens (tertiary/aromatic N) is 2. The molecule has 1 aliphatic carbocycles. The summed E-state index contributed by atoms with van der Waals surface area (Å²) in [4.78, 5) is 77.2. The number of carbonyl (C=O) groups excluding carboxylic acids is 5. The molecule has 0 radical (unpaired) electrons. The lowest BCUT2D eigenvalue weighted by Crippen LogP contribution is -2.36. The van der Waals surface area contributed by atoms with Crippen LogP contribution < -0.4 is 30.0 Å². The Morgan fingerprint density at radius 2 is 1.26 bits per heavy atom. The number of hydrogen-bond acceptors (Lipinski definition) is 16. The number of likely N-dealkylation sites (N-methyl/N-ethyl adjacent to an activating group) is 1. The molecule has 1 aliphatic heterocycles. The van der Waals surface area contributed by atoms with Gasteiger partial charge in [0.1, 0.15) is 62.2 Å². The Kier molecular flexibility index (Phi) is 14.7. The zero-order chi connectivity index (χ0) is 44.4. The van der Waals surface area contributed by atoms with Gasteiger partial charge in [0.05, 0.1) is 46.2 Å². The summed E-state index contributed by atoms with van der Waals surface area (Å²) >= 11 is 0. The molecule has 61 heavy (non-hydrogen) atoms. The third kappa shape index (κ3) is 10.8. The number of rotatable bonds is 18. The van der Waals surface area contributed by atoms with E-state index in [0.29, 0.717) is 5.56 Å². The Bertz CT molecular complexity index is 2450. The first-order valence-corrected chi connectivity index (χ1v) is 18.3. The normalized spacial score (nSPS) is 10.8.